The molecule has 0 radical (unpaired) electrons. The second-order valence-electron chi connectivity index (χ2n) is 5.05. The largest absolute Gasteiger partial charge is 0.308 e. The predicted octanol–water partition coefficient (Wildman–Crippen LogP) is 3.84. The first kappa shape index (κ1) is 11.2. The van der Waals surface area contributed by atoms with Crippen LogP contribution in [0.25, 0.3) is 10.2 Å². The highest BCUT2D eigenvalue weighted by Crippen LogP contribution is 2.34. The second kappa shape index (κ2) is 4.39. The summed E-state index contributed by atoms with van der Waals surface area (Å²) in [5.74, 6) is 0.546. The number of nitrogens with one attached hydrogen (secondary N) is 1. The van der Waals surface area contributed by atoms with E-state index in [4.69, 9.17) is 4.98 Å². The molecule has 1 aromatic carbocycles. The average molecular weight is 246 g/mol. The van der Waals surface area contributed by atoms with Crippen molar-refractivity contribution in [3.8, 4) is 0 Å². The van der Waals surface area contributed by atoms with E-state index in [1.54, 1.807) is 0 Å². The molecule has 1 fully saturated rings. The van der Waals surface area contributed by atoms with Crippen LogP contribution in [-0.2, 0) is 0 Å². The lowest BCUT2D eigenvalue weighted by Crippen LogP contribution is -2.12. The molecule has 3 heteroatoms. The second-order valence-corrected chi connectivity index (χ2v) is 6.11. The average Bonchev–Trinajstić information content (AvgIpc) is 2.96. The summed E-state index contributed by atoms with van der Waals surface area (Å²) in [6.07, 6.45) is 2.51. The van der Waals surface area contributed by atoms with Gasteiger partial charge >= 0.3 is 0 Å². The number of hydrogen-bond acceptors (Lipinski definition) is 3. The maximum atomic E-state index is 4.87. The third kappa shape index (κ3) is 1.98. The minimum absolute atomic E-state index is 0.493. The van der Waals surface area contributed by atoms with Gasteiger partial charge in [-0.3, -0.25) is 0 Å². The fourth-order valence-electron chi connectivity index (χ4n) is 2.50. The van der Waals surface area contributed by atoms with Crippen molar-refractivity contribution in [1.82, 2.24) is 10.3 Å². The van der Waals surface area contributed by atoms with E-state index in [1.807, 2.05) is 11.3 Å². The Morgan fingerprint density at radius 2 is 2.29 bits per heavy atom. The van der Waals surface area contributed by atoms with Crippen molar-refractivity contribution in [3.63, 3.8) is 0 Å². The molecular weight excluding hydrogens is 228 g/mol. The summed E-state index contributed by atoms with van der Waals surface area (Å²) in [7, 11) is 0. The van der Waals surface area contributed by atoms with E-state index >= 15 is 0 Å². The predicted molar refractivity (Wildman–Crippen MR) is 73.7 cm³/mol. The summed E-state index contributed by atoms with van der Waals surface area (Å²) in [5.41, 5.74) is 2.60. The molecule has 2 nitrogen and oxygen atoms in total. The van der Waals surface area contributed by atoms with Gasteiger partial charge in [-0.1, -0.05) is 26.0 Å². The normalized spacial score (nSPS) is 20.5. The van der Waals surface area contributed by atoms with E-state index in [1.165, 1.54) is 33.6 Å². The monoisotopic (exact) mass is 246 g/mol. The number of fused-ring (bicyclic) bond motifs is 1. The van der Waals surface area contributed by atoms with E-state index in [0.717, 1.165) is 6.54 Å². The molecule has 0 amide bonds. The Labute approximate surface area is 106 Å². The van der Waals surface area contributed by atoms with Crippen LogP contribution in [0.5, 0.6) is 0 Å². The lowest BCUT2D eigenvalue weighted by Gasteiger charge is -2.05. The van der Waals surface area contributed by atoms with Crippen LogP contribution in [0.3, 0.4) is 0 Å². The molecule has 0 spiro atoms. The van der Waals surface area contributed by atoms with Crippen molar-refractivity contribution >= 4 is 21.6 Å². The zero-order valence-corrected chi connectivity index (χ0v) is 11.2. The Balaban J connectivity index is 2.08. The summed E-state index contributed by atoms with van der Waals surface area (Å²) in [5, 5.41) is 4.80. The number of para-hydroxylation sites is 1. The molecule has 1 aliphatic heterocycles. The lowest BCUT2D eigenvalue weighted by molar-refractivity contribution is 0.644. The van der Waals surface area contributed by atoms with E-state index in [-0.39, 0.29) is 0 Å². The van der Waals surface area contributed by atoms with E-state index in [0.29, 0.717) is 12.0 Å². The topological polar surface area (TPSA) is 24.9 Å². The summed E-state index contributed by atoms with van der Waals surface area (Å²) in [4.78, 5) is 4.87. The number of benzene rings is 1. The Hall–Kier alpha value is -0.930. The summed E-state index contributed by atoms with van der Waals surface area (Å²) >= 11 is 1.85. The molecular formula is C14H18N2S. The van der Waals surface area contributed by atoms with Gasteiger partial charge in [-0.05, 0) is 36.9 Å². The van der Waals surface area contributed by atoms with Gasteiger partial charge in [0.1, 0.15) is 5.01 Å². The molecule has 1 N–H and O–H groups in total. The highest BCUT2D eigenvalue weighted by molar-refractivity contribution is 7.18. The number of aromatic nitrogens is 1. The molecule has 90 valence electrons. The van der Waals surface area contributed by atoms with Crippen molar-refractivity contribution < 1.29 is 0 Å². The number of thiazole rings is 1. The van der Waals surface area contributed by atoms with Crippen LogP contribution in [-0.4, -0.2) is 11.5 Å². The molecule has 2 aromatic rings. The maximum Gasteiger partial charge on any atom is 0.111 e. The lowest BCUT2D eigenvalue weighted by atomic mass is 10.0. The smallest absolute Gasteiger partial charge is 0.111 e. The first-order valence-corrected chi connectivity index (χ1v) is 7.20. The van der Waals surface area contributed by atoms with Crippen molar-refractivity contribution in [2.75, 3.05) is 6.54 Å². The fourth-order valence-corrected chi connectivity index (χ4v) is 3.61. The fraction of sp³-hybridized carbons (Fsp3) is 0.500. The van der Waals surface area contributed by atoms with Gasteiger partial charge in [0.25, 0.3) is 0 Å². The van der Waals surface area contributed by atoms with Gasteiger partial charge in [0.15, 0.2) is 0 Å². The first-order valence-electron chi connectivity index (χ1n) is 6.38. The molecule has 1 aliphatic rings. The van der Waals surface area contributed by atoms with Crippen LogP contribution in [0.2, 0.25) is 0 Å². The van der Waals surface area contributed by atoms with Gasteiger partial charge in [0.2, 0.25) is 0 Å². The van der Waals surface area contributed by atoms with Crippen molar-refractivity contribution in [1.29, 1.82) is 0 Å². The molecule has 0 aliphatic carbocycles. The quantitative estimate of drug-likeness (QED) is 0.870. The van der Waals surface area contributed by atoms with Gasteiger partial charge in [-0.25, -0.2) is 4.98 Å². The van der Waals surface area contributed by atoms with Crippen LogP contribution in [0, 0.1) is 0 Å². The minimum Gasteiger partial charge on any atom is -0.308 e. The van der Waals surface area contributed by atoms with Crippen LogP contribution in [0.15, 0.2) is 18.2 Å². The minimum atomic E-state index is 0.493. The van der Waals surface area contributed by atoms with Gasteiger partial charge in [-0.2, -0.15) is 0 Å². The Kier molecular flexibility index (Phi) is 2.89. The summed E-state index contributed by atoms with van der Waals surface area (Å²) < 4.78 is 1.33. The molecule has 0 saturated carbocycles. The molecule has 1 saturated heterocycles. The molecule has 1 unspecified atom stereocenters. The van der Waals surface area contributed by atoms with Gasteiger partial charge in [-0.15, -0.1) is 11.3 Å². The molecule has 2 heterocycles. The highest BCUT2D eigenvalue weighted by Gasteiger charge is 2.20. The molecule has 17 heavy (non-hydrogen) atoms. The third-order valence-corrected chi connectivity index (χ3v) is 4.58. The number of nitrogens with zero attached hydrogens (tertiary/aromatic N) is 1. The van der Waals surface area contributed by atoms with Gasteiger partial charge in [0, 0.05) is 0 Å². The highest BCUT2D eigenvalue weighted by atomic mass is 32.1. The standard InChI is InChI=1S/C14H18N2S/c1-9(2)10-5-3-7-12-13(10)16-14(17-12)11-6-4-8-15-11/h3,5,7,9,11,15H,4,6,8H2,1-2H3. The van der Waals surface area contributed by atoms with Crippen LogP contribution >= 0.6 is 11.3 Å². The zero-order chi connectivity index (χ0) is 11.8. The SMILES string of the molecule is CC(C)c1cccc2sc(C3CCCN3)nc12. The third-order valence-electron chi connectivity index (χ3n) is 3.45. The van der Waals surface area contributed by atoms with Crippen LogP contribution in [0.1, 0.15) is 49.2 Å². The van der Waals surface area contributed by atoms with Crippen molar-refractivity contribution in [3.05, 3.63) is 28.8 Å². The summed E-state index contributed by atoms with van der Waals surface area (Å²) in [6.45, 7) is 5.61. The van der Waals surface area contributed by atoms with E-state index < -0.39 is 0 Å². The molecule has 1 aromatic heterocycles. The Morgan fingerprint density at radius 1 is 1.41 bits per heavy atom. The Bertz CT molecular complexity index is 524. The van der Waals surface area contributed by atoms with Gasteiger partial charge in [0.05, 0.1) is 16.3 Å². The molecule has 1 atom stereocenters. The molecule has 0 bridgehead atoms. The first-order chi connectivity index (χ1) is 8.25. The van der Waals surface area contributed by atoms with Crippen molar-refractivity contribution in [2.45, 2.75) is 38.6 Å². The van der Waals surface area contributed by atoms with Crippen LogP contribution in [0.4, 0.5) is 0 Å². The number of rotatable bonds is 2. The Morgan fingerprint density at radius 3 is 3.00 bits per heavy atom. The maximum absolute atomic E-state index is 4.87. The van der Waals surface area contributed by atoms with Crippen molar-refractivity contribution in [2.24, 2.45) is 0 Å². The van der Waals surface area contributed by atoms with E-state index in [2.05, 4.69) is 37.4 Å². The zero-order valence-electron chi connectivity index (χ0n) is 10.4. The van der Waals surface area contributed by atoms with E-state index in [9.17, 15) is 0 Å². The van der Waals surface area contributed by atoms with Crippen LogP contribution < -0.4 is 5.32 Å². The molecule has 3 rings (SSSR count). The number of hydrogen-bond donors (Lipinski definition) is 1. The van der Waals surface area contributed by atoms with Gasteiger partial charge < -0.3 is 5.32 Å². The summed E-state index contributed by atoms with van der Waals surface area (Å²) in [6, 6.07) is 7.05.